The fourth-order valence-corrected chi connectivity index (χ4v) is 3.11. The van der Waals surface area contributed by atoms with Crippen LogP contribution < -0.4 is 4.31 Å². The quantitative estimate of drug-likeness (QED) is 0.758. The van der Waals surface area contributed by atoms with Crippen molar-refractivity contribution in [1.29, 1.82) is 0 Å². The van der Waals surface area contributed by atoms with E-state index in [-0.39, 0.29) is 0 Å². The molecule has 1 N–H and O–H groups in total. The molecular formula is C15H14BrN3O2S. The van der Waals surface area contributed by atoms with Gasteiger partial charge in [0, 0.05) is 17.1 Å². The van der Waals surface area contributed by atoms with Gasteiger partial charge in [-0.15, -0.1) is 0 Å². The average Bonchev–Trinajstić information content (AvgIpc) is 2.88. The van der Waals surface area contributed by atoms with Crippen LogP contribution in [0.1, 0.15) is 0 Å². The van der Waals surface area contributed by atoms with Gasteiger partial charge in [-0.05, 0) is 30.3 Å². The Balaban J connectivity index is 2.18. The highest BCUT2D eigenvalue weighted by Gasteiger charge is 2.18. The molecular weight excluding hydrogens is 366 g/mol. The third kappa shape index (κ3) is 2.74. The van der Waals surface area contributed by atoms with Gasteiger partial charge in [0.1, 0.15) is 5.82 Å². The first-order chi connectivity index (χ1) is 10.4. The zero-order chi connectivity index (χ0) is 15.9. The van der Waals surface area contributed by atoms with Crippen LogP contribution in [0.25, 0.3) is 22.4 Å². The normalized spacial score (nSPS) is 11.8. The van der Waals surface area contributed by atoms with Gasteiger partial charge in [0.25, 0.3) is 0 Å². The van der Waals surface area contributed by atoms with Crippen LogP contribution in [0.5, 0.6) is 0 Å². The van der Waals surface area contributed by atoms with Crippen molar-refractivity contribution in [3.8, 4) is 11.4 Å². The second kappa shape index (κ2) is 5.40. The fourth-order valence-electron chi connectivity index (χ4n) is 2.24. The molecule has 0 fully saturated rings. The number of aromatic amines is 1. The smallest absolute Gasteiger partial charge is 0.232 e. The van der Waals surface area contributed by atoms with Gasteiger partial charge < -0.3 is 4.98 Å². The first-order valence-electron chi connectivity index (χ1n) is 6.55. The lowest BCUT2D eigenvalue weighted by Crippen LogP contribution is -2.25. The maximum absolute atomic E-state index is 11.8. The standard InChI is InChI=1S/C15H14BrN3O2S/c1-19(22(2,20)21)14-6-4-3-5-11(14)15-17-12-8-7-10(16)9-13(12)18-15/h3-9H,1-2H3,(H,17,18). The number of nitrogens with one attached hydrogen (secondary N) is 1. The second-order valence-corrected chi connectivity index (χ2v) is 7.92. The van der Waals surface area contributed by atoms with E-state index in [0.717, 1.165) is 21.1 Å². The molecule has 0 saturated carbocycles. The van der Waals surface area contributed by atoms with Crippen molar-refractivity contribution in [3.05, 3.63) is 46.9 Å². The van der Waals surface area contributed by atoms with Crippen LogP contribution in [0, 0.1) is 0 Å². The summed E-state index contributed by atoms with van der Waals surface area (Å²) in [5.41, 5.74) is 3.04. The molecule has 0 bridgehead atoms. The number of sulfonamides is 1. The summed E-state index contributed by atoms with van der Waals surface area (Å²) in [6.07, 6.45) is 1.18. The highest BCUT2D eigenvalue weighted by atomic mass is 79.9. The lowest BCUT2D eigenvalue weighted by atomic mass is 10.1. The van der Waals surface area contributed by atoms with Crippen molar-refractivity contribution < 1.29 is 8.42 Å². The zero-order valence-corrected chi connectivity index (χ0v) is 14.4. The maximum atomic E-state index is 11.8. The van der Waals surface area contributed by atoms with Gasteiger partial charge in [-0.2, -0.15) is 0 Å². The van der Waals surface area contributed by atoms with Gasteiger partial charge in [-0.25, -0.2) is 13.4 Å². The number of imidazole rings is 1. The molecule has 0 aliphatic carbocycles. The van der Waals surface area contributed by atoms with Crippen LogP contribution in [0.4, 0.5) is 5.69 Å². The second-order valence-electron chi connectivity index (χ2n) is 4.99. The molecule has 0 saturated heterocycles. The largest absolute Gasteiger partial charge is 0.338 e. The van der Waals surface area contributed by atoms with Gasteiger partial charge in [0.2, 0.25) is 10.0 Å². The van der Waals surface area contributed by atoms with Crippen molar-refractivity contribution in [2.24, 2.45) is 0 Å². The van der Waals surface area contributed by atoms with Gasteiger partial charge in [0.15, 0.2) is 0 Å². The molecule has 0 atom stereocenters. The lowest BCUT2D eigenvalue weighted by Gasteiger charge is -2.19. The predicted octanol–water partition coefficient (Wildman–Crippen LogP) is 3.39. The molecule has 0 unspecified atom stereocenters. The highest BCUT2D eigenvalue weighted by molar-refractivity contribution is 9.10. The number of H-pyrrole nitrogens is 1. The van der Waals surface area contributed by atoms with Crippen LogP contribution in [-0.2, 0) is 10.0 Å². The molecule has 0 radical (unpaired) electrons. The van der Waals surface area contributed by atoms with Crippen molar-refractivity contribution >= 4 is 42.7 Å². The molecule has 0 spiro atoms. The van der Waals surface area contributed by atoms with Crippen molar-refractivity contribution in [3.63, 3.8) is 0 Å². The number of aromatic nitrogens is 2. The summed E-state index contributed by atoms with van der Waals surface area (Å²) in [5.74, 6) is 0.638. The number of fused-ring (bicyclic) bond motifs is 1. The summed E-state index contributed by atoms with van der Waals surface area (Å²) in [6, 6.07) is 13.0. The lowest BCUT2D eigenvalue weighted by molar-refractivity contribution is 0.600. The molecule has 114 valence electrons. The fraction of sp³-hybridized carbons (Fsp3) is 0.133. The van der Waals surface area contributed by atoms with E-state index < -0.39 is 10.0 Å². The molecule has 0 aliphatic heterocycles. The van der Waals surface area contributed by atoms with E-state index in [9.17, 15) is 8.42 Å². The van der Waals surface area contributed by atoms with Gasteiger partial charge >= 0.3 is 0 Å². The molecule has 7 heteroatoms. The SMILES string of the molecule is CN(c1ccccc1-c1nc2ccc(Br)cc2[nH]1)S(C)(=O)=O. The van der Waals surface area contributed by atoms with Crippen LogP contribution in [-0.4, -0.2) is 31.7 Å². The topological polar surface area (TPSA) is 66.1 Å². The number of hydrogen-bond acceptors (Lipinski definition) is 3. The number of halogens is 1. The average molecular weight is 380 g/mol. The Hall–Kier alpha value is -1.86. The highest BCUT2D eigenvalue weighted by Crippen LogP contribution is 2.31. The van der Waals surface area contributed by atoms with E-state index in [1.165, 1.54) is 17.6 Å². The molecule has 3 aromatic rings. The molecule has 0 amide bonds. The summed E-state index contributed by atoms with van der Waals surface area (Å²) in [5, 5.41) is 0. The third-order valence-electron chi connectivity index (χ3n) is 3.44. The third-order valence-corrected chi connectivity index (χ3v) is 5.12. The number of anilines is 1. The Kier molecular flexibility index (Phi) is 3.70. The minimum absolute atomic E-state index is 0.586. The Morgan fingerprint density at radius 1 is 1.18 bits per heavy atom. The van der Waals surface area contributed by atoms with Crippen LogP contribution in [0.3, 0.4) is 0 Å². The summed E-state index contributed by atoms with van der Waals surface area (Å²) in [4.78, 5) is 7.79. The number of benzene rings is 2. The number of hydrogen-bond donors (Lipinski definition) is 1. The first kappa shape index (κ1) is 15.1. The Labute approximate surface area is 137 Å². The van der Waals surface area contributed by atoms with Crippen LogP contribution in [0.15, 0.2) is 46.9 Å². The summed E-state index contributed by atoms with van der Waals surface area (Å²) in [7, 11) is -1.80. The Morgan fingerprint density at radius 2 is 1.91 bits per heavy atom. The molecule has 5 nitrogen and oxygen atoms in total. The minimum atomic E-state index is -3.34. The molecule has 2 aromatic carbocycles. The number of nitrogens with zero attached hydrogens (tertiary/aromatic N) is 2. The van der Waals surface area contributed by atoms with Gasteiger partial charge in [-0.3, -0.25) is 4.31 Å². The molecule has 1 heterocycles. The van der Waals surface area contributed by atoms with E-state index in [1.54, 1.807) is 12.1 Å². The Morgan fingerprint density at radius 3 is 2.64 bits per heavy atom. The van der Waals surface area contributed by atoms with E-state index in [2.05, 4.69) is 25.9 Å². The minimum Gasteiger partial charge on any atom is -0.338 e. The van der Waals surface area contributed by atoms with Crippen molar-refractivity contribution in [2.45, 2.75) is 0 Å². The van der Waals surface area contributed by atoms with E-state index in [0.29, 0.717) is 11.5 Å². The van der Waals surface area contributed by atoms with Gasteiger partial charge in [-0.1, -0.05) is 28.1 Å². The van der Waals surface area contributed by atoms with Crippen LogP contribution in [0.2, 0.25) is 0 Å². The Bertz CT molecular complexity index is 950. The molecule has 3 rings (SSSR count). The molecule has 1 aromatic heterocycles. The van der Waals surface area contributed by atoms with Crippen molar-refractivity contribution in [2.75, 3.05) is 17.6 Å². The molecule has 22 heavy (non-hydrogen) atoms. The molecule has 0 aliphatic rings. The zero-order valence-electron chi connectivity index (χ0n) is 12.0. The number of para-hydroxylation sites is 1. The summed E-state index contributed by atoms with van der Waals surface area (Å²) < 4.78 is 25.9. The maximum Gasteiger partial charge on any atom is 0.232 e. The predicted molar refractivity (Wildman–Crippen MR) is 92.5 cm³/mol. The van der Waals surface area contributed by atoms with E-state index >= 15 is 0 Å². The van der Waals surface area contributed by atoms with Crippen molar-refractivity contribution in [1.82, 2.24) is 9.97 Å². The van der Waals surface area contributed by atoms with Crippen LogP contribution >= 0.6 is 15.9 Å². The van der Waals surface area contributed by atoms with E-state index in [4.69, 9.17) is 0 Å². The summed E-state index contributed by atoms with van der Waals surface area (Å²) >= 11 is 3.43. The number of rotatable bonds is 3. The summed E-state index contributed by atoms with van der Waals surface area (Å²) in [6.45, 7) is 0. The monoisotopic (exact) mass is 379 g/mol. The first-order valence-corrected chi connectivity index (χ1v) is 9.19. The van der Waals surface area contributed by atoms with Gasteiger partial charge in [0.05, 0.1) is 23.0 Å². The van der Waals surface area contributed by atoms with E-state index in [1.807, 2.05) is 30.3 Å².